The summed E-state index contributed by atoms with van der Waals surface area (Å²) in [5.74, 6) is -0.802. The molecular weight excluding hydrogens is 418 g/mol. The Labute approximate surface area is 175 Å². The zero-order valence-corrected chi connectivity index (χ0v) is 16.7. The Morgan fingerprint density at radius 1 is 1.28 bits per heavy atom. The van der Waals surface area contributed by atoms with Gasteiger partial charge in [0.2, 0.25) is 5.91 Å². The number of rotatable bonds is 4. The van der Waals surface area contributed by atoms with Crippen molar-refractivity contribution < 1.29 is 14.0 Å². The number of fused-ring (bicyclic) bond motifs is 1. The zero-order valence-electron chi connectivity index (χ0n) is 15.2. The molecule has 148 valence electrons. The van der Waals surface area contributed by atoms with Gasteiger partial charge in [-0.25, -0.2) is 9.07 Å². The monoisotopic (exact) mass is 432 g/mol. The first kappa shape index (κ1) is 19.4. The van der Waals surface area contributed by atoms with Crippen LogP contribution >= 0.6 is 23.2 Å². The van der Waals surface area contributed by atoms with E-state index in [1.54, 1.807) is 12.1 Å². The third-order valence-electron chi connectivity index (χ3n) is 4.62. The minimum absolute atomic E-state index is 0.0995. The van der Waals surface area contributed by atoms with E-state index >= 15 is 0 Å². The predicted octanol–water partition coefficient (Wildman–Crippen LogP) is 4.83. The molecule has 2 amide bonds. The van der Waals surface area contributed by atoms with Crippen LogP contribution in [0.1, 0.15) is 18.2 Å². The first-order valence-electron chi connectivity index (χ1n) is 8.74. The van der Waals surface area contributed by atoms with Gasteiger partial charge in [-0.05, 0) is 42.8 Å². The minimum atomic E-state index is -0.799. The van der Waals surface area contributed by atoms with Crippen LogP contribution in [0.4, 0.5) is 15.9 Å². The van der Waals surface area contributed by atoms with E-state index in [1.807, 2.05) is 19.1 Å². The van der Waals surface area contributed by atoms with Crippen molar-refractivity contribution in [3.63, 3.8) is 0 Å². The topological polar surface area (TPSA) is 76.0 Å². The van der Waals surface area contributed by atoms with Crippen molar-refractivity contribution in [3.05, 3.63) is 64.0 Å². The lowest BCUT2D eigenvalue weighted by Crippen LogP contribution is -2.23. The molecule has 2 aromatic carbocycles. The molecule has 0 spiro atoms. The number of hydrogen-bond acceptors (Lipinski definition) is 3. The highest BCUT2D eigenvalue weighted by Gasteiger charge is 2.36. The molecule has 9 heteroatoms. The number of benzene rings is 2. The summed E-state index contributed by atoms with van der Waals surface area (Å²) >= 11 is 11.8. The highest BCUT2D eigenvalue weighted by atomic mass is 35.5. The SMILES string of the molecule is Cc1nn2c(c1-c1cccc(Cl)c1)NC(=O)C2CC(=O)Nc1ccc(F)c(Cl)c1. The number of nitrogens with zero attached hydrogens (tertiary/aromatic N) is 2. The van der Waals surface area contributed by atoms with Crippen LogP contribution in [0.25, 0.3) is 11.1 Å². The molecule has 0 fully saturated rings. The summed E-state index contributed by atoms with van der Waals surface area (Å²) in [7, 11) is 0. The Morgan fingerprint density at radius 3 is 2.79 bits per heavy atom. The highest BCUT2D eigenvalue weighted by Crippen LogP contribution is 2.38. The van der Waals surface area contributed by atoms with Gasteiger partial charge in [-0.1, -0.05) is 35.3 Å². The van der Waals surface area contributed by atoms with Gasteiger partial charge in [-0.15, -0.1) is 0 Å². The molecular formula is C20H15Cl2FN4O2. The molecule has 29 heavy (non-hydrogen) atoms. The lowest BCUT2D eigenvalue weighted by Gasteiger charge is -2.10. The summed E-state index contributed by atoms with van der Waals surface area (Å²) in [6.45, 7) is 1.82. The molecule has 0 aliphatic carbocycles. The molecule has 6 nitrogen and oxygen atoms in total. The number of halogens is 3. The standard InChI is InChI=1S/C20H15Cl2FN4O2/c1-10-18(11-3-2-4-12(21)7-11)19-25-20(29)16(27(19)26-10)9-17(28)24-13-5-6-15(23)14(22)8-13/h2-8,16H,9H2,1H3,(H,24,28)(H,25,29). The van der Waals surface area contributed by atoms with Crippen molar-refractivity contribution in [2.45, 2.75) is 19.4 Å². The van der Waals surface area contributed by atoms with Crippen LogP contribution in [-0.4, -0.2) is 21.6 Å². The summed E-state index contributed by atoms with van der Waals surface area (Å²) in [6.07, 6.45) is -0.135. The van der Waals surface area contributed by atoms with Gasteiger partial charge >= 0.3 is 0 Å². The van der Waals surface area contributed by atoms with Crippen molar-refractivity contribution in [3.8, 4) is 11.1 Å². The summed E-state index contributed by atoms with van der Waals surface area (Å²) in [5.41, 5.74) is 2.63. The Bertz CT molecular complexity index is 1150. The lowest BCUT2D eigenvalue weighted by molar-refractivity contribution is -0.123. The molecule has 1 atom stereocenters. The number of anilines is 2. The number of amides is 2. The second kappa shape index (κ2) is 7.50. The quantitative estimate of drug-likeness (QED) is 0.619. The van der Waals surface area contributed by atoms with Gasteiger partial charge < -0.3 is 10.6 Å². The Kier molecular flexibility index (Phi) is 5.02. The van der Waals surface area contributed by atoms with Gasteiger partial charge in [-0.3, -0.25) is 9.59 Å². The third-order valence-corrected chi connectivity index (χ3v) is 5.15. The van der Waals surface area contributed by atoms with Crippen LogP contribution in [0, 0.1) is 12.7 Å². The first-order valence-corrected chi connectivity index (χ1v) is 9.50. The van der Waals surface area contributed by atoms with E-state index in [-0.39, 0.29) is 17.4 Å². The number of nitrogens with one attached hydrogen (secondary N) is 2. The van der Waals surface area contributed by atoms with Crippen LogP contribution in [0.15, 0.2) is 42.5 Å². The Morgan fingerprint density at radius 2 is 2.07 bits per heavy atom. The molecule has 3 aromatic rings. The van der Waals surface area contributed by atoms with Crippen LogP contribution in [-0.2, 0) is 9.59 Å². The number of hydrogen-bond donors (Lipinski definition) is 2. The van der Waals surface area contributed by atoms with E-state index in [9.17, 15) is 14.0 Å². The molecule has 2 heterocycles. The van der Waals surface area contributed by atoms with Crippen molar-refractivity contribution in [2.24, 2.45) is 0 Å². The zero-order chi connectivity index (χ0) is 20.7. The predicted molar refractivity (Wildman–Crippen MR) is 110 cm³/mol. The maximum atomic E-state index is 13.3. The summed E-state index contributed by atoms with van der Waals surface area (Å²) in [5, 5.41) is 10.4. The second-order valence-corrected chi connectivity index (χ2v) is 7.49. The molecule has 4 rings (SSSR count). The van der Waals surface area contributed by atoms with Gasteiger partial charge in [0.05, 0.1) is 17.1 Å². The Balaban J connectivity index is 1.58. The van der Waals surface area contributed by atoms with E-state index in [4.69, 9.17) is 23.2 Å². The van der Waals surface area contributed by atoms with Crippen molar-refractivity contribution in [1.82, 2.24) is 9.78 Å². The lowest BCUT2D eigenvalue weighted by atomic mass is 10.1. The molecule has 0 bridgehead atoms. The summed E-state index contributed by atoms with van der Waals surface area (Å²) < 4.78 is 14.8. The van der Waals surface area contributed by atoms with Gasteiger partial charge in [0.25, 0.3) is 5.91 Å². The minimum Gasteiger partial charge on any atom is -0.326 e. The fourth-order valence-electron chi connectivity index (χ4n) is 3.33. The van der Waals surface area contributed by atoms with E-state index < -0.39 is 17.8 Å². The van der Waals surface area contributed by atoms with E-state index in [2.05, 4.69) is 15.7 Å². The van der Waals surface area contributed by atoms with Gasteiger partial charge in [0.1, 0.15) is 17.7 Å². The van der Waals surface area contributed by atoms with Crippen molar-refractivity contribution in [2.75, 3.05) is 10.6 Å². The molecule has 1 aliphatic rings. The van der Waals surface area contributed by atoms with Crippen molar-refractivity contribution >= 4 is 46.5 Å². The highest BCUT2D eigenvalue weighted by molar-refractivity contribution is 6.31. The average Bonchev–Trinajstić information content (AvgIpc) is 3.12. The van der Waals surface area contributed by atoms with Crippen LogP contribution < -0.4 is 10.6 Å². The van der Waals surface area contributed by atoms with Crippen LogP contribution in [0.5, 0.6) is 0 Å². The van der Waals surface area contributed by atoms with Gasteiger partial charge in [-0.2, -0.15) is 5.10 Å². The second-order valence-electron chi connectivity index (χ2n) is 6.65. The van der Waals surface area contributed by atoms with E-state index in [1.165, 1.54) is 16.8 Å². The van der Waals surface area contributed by atoms with Gasteiger partial charge in [0.15, 0.2) is 0 Å². The normalized spacial score (nSPS) is 15.2. The fourth-order valence-corrected chi connectivity index (χ4v) is 3.70. The third kappa shape index (κ3) is 3.71. The smallest absolute Gasteiger partial charge is 0.251 e. The molecule has 2 N–H and O–H groups in total. The van der Waals surface area contributed by atoms with Crippen LogP contribution in [0.2, 0.25) is 10.0 Å². The number of aromatic nitrogens is 2. The molecule has 0 saturated carbocycles. The van der Waals surface area contributed by atoms with Crippen LogP contribution in [0.3, 0.4) is 0 Å². The van der Waals surface area contributed by atoms with E-state index in [0.717, 1.165) is 17.2 Å². The summed E-state index contributed by atoms with van der Waals surface area (Å²) in [4.78, 5) is 24.9. The fraction of sp³-hybridized carbons (Fsp3) is 0.150. The Hall–Kier alpha value is -2.90. The maximum Gasteiger partial charge on any atom is 0.251 e. The molecule has 1 unspecified atom stereocenters. The first-order chi connectivity index (χ1) is 13.8. The molecule has 0 radical (unpaired) electrons. The van der Waals surface area contributed by atoms with Crippen molar-refractivity contribution in [1.29, 1.82) is 0 Å². The maximum absolute atomic E-state index is 13.3. The molecule has 1 aromatic heterocycles. The number of carbonyl (C=O) groups excluding carboxylic acids is 2. The molecule has 0 saturated heterocycles. The molecule has 1 aliphatic heterocycles. The van der Waals surface area contributed by atoms with Gasteiger partial charge in [0, 0.05) is 16.3 Å². The van der Waals surface area contributed by atoms with E-state index in [0.29, 0.717) is 22.2 Å². The average molecular weight is 433 g/mol. The number of aryl methyl sites for hydroxylation is 1. The largest absolute Gasteiger partial charge is 0.326 e. The summed E-state index contributed by atoms with van der Waals surface area (Å²) in [6, 6.07) is 10.3. The number of carbonyl (C=O) groups is 2.